The van der Waals surface area contributed by atoms with Crippen LogP contribution in [0.25, 0.3) is 11.5 Å². The number of halogens is 2. The number of benzene rings is 1. The summed E-state index contributed by atoms with van der Waals surface area (Å²) in [6, 6.07) is 5.18. The van der Waals surface area contributed by atoms with Gasteiger partial charge in [-0.05, 0) is 49.9 Å². The van der Waals surface area contributed by atoms with Crippen molar-refractivity contribution in [1.29, 1.82) is 0 Å². The van der Waals surface area contributed by atoms with Crippen molar-refractivity contribution in [2.75, 3.05) is 19.6 Å². The van der Waals surface area contributed by atoms with E-state index in [4.69, 9.17) is 27.6 Å². The Balaban J connectivity index is 1.56. The van der Waals surface area contributed by atoms with E-state index in [1.54, 1.807) is 18.2 Å². The molecule has 3 rings (SSSR count). The first-order valence-corrected chi connectivity index (χ1v) is 10.1. The molecular weight excluding hydrogens is 387 g/mol. The number of nitrogens with one attached hydrogen (secondary N) is 1. The predicted molar refractivity (Wildman–Crippen MR) is 106 cm³/mol. The second-order valence-corrected chi connectivity index (χ2v) is 7.77. The van der Waals surface area contributed by atoms with Crippen molar-refractivity contribution in [2.45, 2.75) is 39.2 Å². The lowest BCUT2D eigenvalue weighted by Gasteiger charge is -2.31. The molecular formula is C19H24Cl2N4O2. The van der Waals surface area contributed by atoms with E-state index in [2.05, 4.69) is 20.4 Å². The molecule has 6 nitrogen and oxygen atoms in total. The van der Waals surface area contributed by atoms with Gasteiger partial charge in [-0.15, -0.1) is 10.2 Å². The molecule has 1 N–H and O–H groups in total. The zero-order valence-corrected chi connectivity index (χ0v) is 16.9. The molecule has 0 saturated carbocycles. The number of nitrogens with zero attached hydrogens (tertiary/aromatic N) is 3. The SMILES string of the molecule is CCCC(=O)NCC1CCCN(Cc2nnc(-c3ccc(Cl)cc3Cl)o2)C1. The Bertz CT molecular complexity index is 781. The van der Waals surface area contributed by atoms with Crippen LogP contribution in [-0.2, 0) is 11.3 Å². The molecule has 1 amide bonds. The third-order valence-corrected chi connectivity index (χ3v) is 5.20. The Morgan fingerprint density at radius 1 is 1.37 bits per heavy atom. The van der Waals surface area contributed by atoms with Crippen molar-refractivity contribution < 1.29 is 9.21 Å². The molecule has 8 heteroatoms. The van der Waals surface area contributed by atoms with Crippen molar-refractivity contribution in [3.05, 3.63) is 34.1 Å². The van der Waals surface area contributed by atoms with Crippen molar-refractivity contribution >= 4 is 29.1 Å². The summed E-state index contributed by atoms with van der Waals surface area (Å²) in [4.78, 5) is 14.0. The highest BCUT2D eigenvalue weighted by atomic mass is 35.5. The Hall–Kier alpha value is -1.63. The monoisotopic (exact) mass is 410 g/mol. The Kier molecular flexibility index (Phi) is 7.10. The number of aromatic nitrogens is 2. The highest BCUT2D eigenvalue weighted by Gasteiger charge is 2.22. The fourth-order valence-corrected chi connectivity index (χ4v) is 3.81. The fourth-order valence-electron chi connectivity index (χ4n) is 3.32. The van der Waals surface area contributed by atoms with Gasteiger partial charge in [-0.2, -0.15) is 0 Å². The van der Waals surface area contributed by atoms with Gasteiger partial charge in [-0.3, -0.25) is 9.69 Å². The van der Waals surface area contributed by atoms with Crippen LogP contribution in [0.5, 0.6) is 0 Å². The minimum atomic E-state index is 0.135. The fraction of sp³-hybridized carbons (Fsp3) is 0.526. The maximum atomic E-state index is 11.7. The van der Waals surface area contributed by atoms with Gasteiger partial charge in [0.15, 0.2) is 0 Å². The van der Waals surface area contributed by atoms with Gasteiger partial charge in [0.1, 0.15) is 0 Å². The van der Waals surface area contributed by atoms with E-state index in [-0.39, 0.29) is 5.91 Å². The summed E-state index contributed by atoms with van der Waals surface area (Å²) >= 11 is 12.1. The summed E-state index contributed by atoms with van der Waals surface area (Å²) < 4.78 is 5.80. The summed E-state index contributed by atoms with van der Waals surface area (Å²) in [6.07, 6.45) is 3.69. The quantitative estimate of drug-likeness (QED) is 0.741. The molecule has 27 heavy (non-hydrogen) atoms. The first kappa shape index (κ1) is 20.1. The summed E-state index contributed by atoms with van der Waals surface area (Å²) in [5, 5.41) is 12.3. The zero-order valence-electron chi connectivity index (χ0n) is 15.4. The van der Waals surface area contributed by atoms with Gasteiger partial charge >= 0.3 is 0 Å². The molecule has 146 valence electrons. The van der Waals surface area contributed by atoms with E-state index in [9.17, 15) is 4.79 Å². The Labute approximate surface area is 169 Å². The standard InChI is InChI=1S/C19H24Cl2N4O2/c1-2-4-17(26)22-10-13-5-3-8-25(11-13)12-18-23-24-19(27-18)15-7-6-14(20)9-16(15)21/h6-7,9,13H,2-5,8,10-12H2,1H3,(H,22,26). The van der Waals surface area contributed by atoms with Crippen LogP contribution in [-0.4, -0.2) is 40.6 Å². The van der Waals surface area contributed by atoms with Crippen LogP contribution in [0.3, 0.4) is 0 Å². The minimum Gasteiger partial charge on any atom is -0.419 e. The van der Waals surface area contributed by atoms with Crippen LogP contribution in [0.1, 0.15) is 38.5 Å². The summed E-state index contributed by atoms with van der Waals surface area (Å²) in [6.45, 7) is 5.23. The van der Waals surface area contributed by atoms with Crippen molar-refractivity contribution in [2.24, 2.45) is 5.92 Å². The second kappa shape index (κ2) is 9.53. The summed E-state index contributed by atoms with van der Waals surface area (Å²) in [7, 11) is 0. The number of hydrogen-bond acceptors (Lipinski definition) is 5. The Morgan fingerprint density at radius 2 is 2.22 bits per heavy atom. The highest BCUT2D eigenvalue weighted by molar-refractivity contribution is 6.36. The van der Waals surface area contributed by atoms with E-state index in [1.165, 1.54) is 0 Å². The van der Waals surface area contributed by atoms with Crippen LogP contribution in [0.15, 0.2) is 22.6 Å². The molecule has 0 spiro atoms. The maximum Gasteiger partial charge on any atom is 0.249 e. The van der Waals surface area contributed by atoms with Crippen LogP contribution < -0.4 is 5.32 Å². The van der Waals surface area contributed by atoms with Crippen LogP contribution in [0, 0.1) is 5.92 Å². The van der Waals surface area contributed by atoms with Gasteiger partial charge in [0.25, 0.3) is 0 Å². The normalized spacial score (nSPS) is 17.8. The summed E-state index contributed by atoms with van der Waals surface area (Å²) in [5.74, 6) is 1.54. The van der Waals surface area contributed by atoms with Crippen molar-refractivity contribution in [3.63, 3.8) is 0 Å². The van der Waals surface area contributed by atoms with Gasteiger partial charge in [-0.1, -0.05) is 30.1 Å². The third-order valence-electron chi connectivity index (χ3n) is 4.66. The van der Waals surface area contributed by atoms with Crippen LogP contribution >= 0.6 is 23.2 Å². The van der Waals surface area contributed by atoms with E-state index in [1.807, 2.05) is 6.92 Å². The molecule has 1 aromatic carbocycles. The molecule has 1 aliphatic rings. The number of rotatable bonds is 7. The lowest BCUT2D eigenvalue weighted by Crippen LogP contribution is -2.40. The predicted octanol–water partition coefficient (Wildman–Crippen LogP) is 4.17. The van der Waals surface area contributed by atoms with Crippen molar-refractivity contribution in [1.82, 2.24) is 20.4 Å². The van der Waals surface area contributed by atoms with Gasteiger partial charge in [0.2, 0.25) is 17.7 Å². The van der Waals surface area contributed by atoms with Crippen LogP contribution in [0.2, 0.25) is 10.0 Å². The maximum absolute atomic E-state index is 11.7. The topological polar surface area (TPSA) is 71.3 Å². The largest absolute Gasteiger partial charge is 0.419 e. The smallest absolute Gasteiger partial charge is 0.249 e. The molecule has 0 bridgehead atoms. The first-order valence-electron chi connectivity index (χ1n) is 9.32. The number of carbonyl (C=O) groups excluding carboxylic acids is 1. The molecule has 1 fully saturated rings. The van der Waals surface area contributed by atoms with E-state index in [0.717, 1.165) is 38.9 Å². The lowest BCUT2D eigenvalue weighted by molar-refractivity contribution is -0.121. The second-order valence-electron chi connectivity index (χ2n) is 6.92. The molecule has 2 aromatic rings. The zero-order chi connectivity index (χ0) is 19.2. The third kappa shape index (κ3) is 5.67. The minimum absolute atomic E-state index is 0.135. The number of amides is 1. The number of piperidine rings is 1. The number of hydrogen-bond donors (Lipinski definition) is 1. The number of likely N-dealkylation sites (tertiary alicyclic amines) is 1. The van der Waals surface area contributed by atoms with Gasteiger partial charge in [0.05, 0.1) is 17.1 Å². The molecule has 1 aromatic heterocycles. The number of carbonyl (C=O) groups is 1. The molecule has 0 aliphatic carbocycles. The lowest BCUT2D eigenvalue weighted by atomic mass is 9.98. The highest BCUT2D eigenvalue weighted by Crippen LogP contribution is 2.29. The average molecular weight is 411 g/mol. The van der Waals surface area contributed by atoms with Gasteiger partial charge in [-0.25, -0.2) is 0 Å². The van der Waals surface area contributed by atoms with E-state index < -0.39 is 0 Å². The van der Waals surface area contributed by atoms with E-state index >= 15 is 0 Å². The molecule has 2 heterocycles. The van der Waals surface area contributed by atoms with Crippen LogP contribution in [0.4, 0.5) is 0 Å². The average Bonchev–Trinajstić information content (AvgIpc) is 3.09. The van der Waals surface area contributed by atoms with Gasteiger partial charge in [0, 0.05) is 24.5 Å². The first-order chi connectivity index (χ1) is 13.0. The molecule has 1 unspecified atom stereocenters. The van der Waals surface area contributed by atoms with Gasteiger partial charge < -0.3 is 9.73 Å². The van der Waals surface area contributed by atoms with Crippen molar-refractivity contribution in [3.8, 4) is 11.5 Å². The molecule has 1 aliphatic heterocycles. The summed E-state index contributed by atoms with van der Waals surface area (Å²) in [5.41, 5.74) is 0.676. The molecule has 1 saturated heterocycles. The molecule has 0 radical (unpaired) electrons. The van der Waals surface area contributed by atoms with E-state index in [0.29, 0.717) is 46.3 Å². The molecule has 1 atom stereocenters. The Morgan fingerprint density at radius 3 is 3.00 bits per heavy atom.